The number of fused-ring (bicyclic) bond motifs is 1. The van der Waals surface area contributed by atoms with E-state index in [0.717, 1.165) is 16.9 Å². The number of aliphatic hydroxyl groups excluding tert-OH is 1. The number of aromatic nitrogens is 2. The van der Waals surface area contributed by atoms with Gasteiger partial charge in [0.1, 0.15) is 5.82 Å². The third-order valence-corrected chi connectivity index (χ3v) is 2.97. The molecule has 0 aliphatic heterocycles. The Hall–Kier alpha value is -1.68. The van der Waals surface area contributed by atoms with Crippen molar-refractivity contribution in [3.05, 3.63) is 30.5 Å². The van der Waals surface area contributed by atoms with Crippen LogP contribution in [0.3, 0.4) is 0 Å². The molecule has 0 saturated carbocycles. The Balaban J connectivity index is 2.19. The molecule has 1 aromatic carbocycles. The van der Waals surface area contributed by atoms with E-state index in [1.165, 1.54) is 0 Å². The monoisotopic (exact) mass is 231 g/mol. The smallest absolute Gasteiger partial charge is 0.145 e. The van der Waals surface area contributed by atoms with Crippen LogP contribution < -0.4 is 5.32 Å². The molecular formula is C13H17N3O. The number of hydrogen-bond donors (Lipinski definition) is 2. The molecule has 2 atom stereocenters. The van der Waals surface area contributed by atoms with Gasteiger partial charge in [0.05, 0.1) is 17.2 Å². The Morgan fingerprint density at radius 3 is 2.65 bits per heavy atom. The lowest BCUT2D eigenvalue weighted by Gasteiger charge is -2.19. The molecule has 1 aromatic heterocycles. The Labute approximate surface area is 101 Å². The highest BCUT2D eigenvalue weighted by atomic mass is 16.3. The Bertz CT molecular complexity index is 501. The molecule has 4 heteroatoms. The van der Waals surface area contributed by atoms with Crippen LogP contribution in [0.2, 0.25) is 0 Å². The number of nitrogens with zero attached hydrogens (tertiary/aromatic N) is 2. The summed E-state index contributed by atoms with van der Waals surface area (Å²) >= 11 is 0. The highest BCUT2D eigenvalue weighted by molar-refractivity contribution is 5.75. The number of hydrogen-bond acceptors (Lipinski definition) is 4. The minimum atomic E-state index is 0.162. The molecular weight excluding hydrogens is 214 g/mol. The van der Waals surface area contributed by atoms with Gasteiger partial charge in [0.25, 0.3) is 0 Å². The summed E-state index contributed by atoms with van der Waals surface area (Å²) in [4.78, 5) is 8.81. The molecule has 2 unspecified atom stereocenters. The molecule has 90 valence electrons. The van der Waals surface area contributed by atoms with E-state index in [4.69, 9.17) is 5.11 Å². The van der Waals surface area contributed by atoms with Gasteiger partial charge in [-0.2, -0.15) is 0 Å². The van der Waals surface area contributed by atoms with E-state index < -0.39 is 0 Å². The van der Waals surface area contributed by atoms with Crippen LogP contribution in [0.15, 0.2) is 30.5 Å². The van der Waals surface area contributed by atoms with Crippen molar-refractivity contribution < 1.29 is 5.11 Å². The van der Waals surface area contributed by atoms with Crippen molar-refractivity contribution in [2.24, 2.45) is 5.92 Å². The lowest BCUT2D eigenvalue weighted by Crippen LogP contribution is -2.26. The van der Waals surface area contributed by atoms with Crippen molar-refractivity contribution in [2.75, 3.05) is 11.9 Å². The summed E-state index contributed by atoms with van der Waals surface area (Å²) < 4.78 is 0. The molecule has 2 N–H and O–H groups in total. The van der Waals surface area contributed by atoms with Gasteiger partial charge >= 0.3 is 0 Å². The largest absolute Gasteiger partial charge is 0.396 e. The fraction of sp³-hybridized carbons (Fsp3) is 0.385. The van der Waals surface area contributed by atoms with Crippen molar-refractivity contribution in [3.63, 3.8) is 0 Å². The molecule has 2 rings (SSSR count). The molecule has 0 bridgehead atoms. The molecule has 0 spiro atoms. The molecule has 0 amide bonds. The SMILES string of the molecule is CC(CO)C(C)Nc1cnc2ccccc2n1. The van der Waals surface area contributed by atoms with E-state index in [2.05, 4.69) is 15.3 Å². The standard InChI is InChI=1S/C13H17N3O/c1-9(8-17)10(2)15-13-7-14-11-5-3-4-6-12(11)16-13/h3-7,9-10,17H,8H2,1-2H3,(H,15,16). The second-order valence-corrected chi connectivity index (χ2v) is 4.34. The summed E-state index contributed by atoms with van der Waals surface area (Å²) in [5.41, 5.74) is 1.77. The zero-order valence-corrected chi connectivity index (χ0v) is 10.1. The highest BCUT2D eigenvalue weighted by Crippen LogP contribution is 2.13. The molecule has 1 heterocycles. The van der Waals surface area contributed by atoms with Crippen LogP contribution in [0.5, 0.6) is 0 Å². The summed E-state index contributed by atoms with van der Waals surface area (Å²) in [6.07, 6.45) is 1.73. The third-order valence-electron chi connectivity index (χ3n) is 2.97. The summed E-state index contributed by atoms with van der Waals surface area (Å²) in [6, 6.07) is 7.93. The second kappa shape index (κ2) is 5.10. The van der Waals surface area contributed by atoms with Gasteiger partial charge in [0, 0.05) is 12.6 Å². The second-order valence-electron chi connectivity index (χ2n) is 4.34. The van der Waals surface area contributed by atoms with Crippen LogP contribution in [-0.2, 0) is 0 Å². The van der Waals surface area contributed by atoms with Crippen molar-refractivity contribution in [1.82, 2.24) is 9.97 Å². The summed E-state index contributed by atoms with van der Waals surface area (Å²) in [5, 5.41) is 12.3. The molecule has 0 saturated heterocycles. The quantitative estimate of drug-likeness (QED) is 0.845. The number of nitrogens with one attached hydrogen (secondary N) is 1. The van der Waals surface area contributed by atoms with Crippen molar-refractivity contribution in [3.8, 4) is 0 Å². The van der Waals surface area contributed by atoms with Crippen molar-refractivity contribution in [2.45, 2.75) is 19.9 Å². The number of benzene rings is 1. The average molecular weight is 231 g/mol. The molecule has 4 nitrogen and oxygen atoms in total. The zero-order valence-electron chi connectivity index (χ0n) is 10.1. The third kappa shape index (κ3) is 2.71. The van der Waals surface area contributed by atoms with Crippen LogP contribution in [-0.4, -0.2) is 27.7 Å². The van der Waals surface area contributed by atoms with Crippen LogP contribution in [0.4, 0.5) is 5.82 Å². The summed E-state index contributed by atoms with van der Waals surface area (Å²) in [6.45, 7) is 4.18. The molecule has 0 fully saturated rings. The number of para-hydroxylation sites is 2. The maximum absolute atomic E-state index is 9.08. The van der Waals surface area contributed by atoms with Gasteiger partial charge in [-0.25, -0.2) is 4.98 Å². The topological polar surface area (TPSA) is 58.0 Å². The van der Waals surface area contributed by atoms with E-state index in [9.17, 15) is 0 Å². The van der Waals surface area contributed by atoms with E-state index >= 15 is 0 Å². The summed E-state index contributed by atoms with van der Waals surface area (Å²) in [5.74, 6) is 0.930. The zero-order chi connectivity index (χ0) is 12.3. The number of anilines is 1. The first-order valence-electron chi connectivity index (χ1n) is 5.80. The first-order valence-corrected chi connectivity index (χ1v) is 5.80. The van der Waals surface area contributed by atoms with Gasteiger partial charge in [0.2, 0.25) is 0 Å². The Kier molecular flexibility index (Phi) is 3.54. The Morgan fingerprint density at radius 2 is 1.94 bits per heavy atom. The molecule has 0 aliphatic rings. The van der Waals surface area contributed by atoms with E-state index in [1.54, 1.807) is 6.20 Å². The van der Waals surface area contributed by atoms with Gasteiger partial charge in [0.15, 0.2) is 0 Å². The molecule has 0 aliphatic carbocycles. The van der Waals surface area contributed by atoms with Gasteiger partial charge in [-0.3, -0.25) is 4.98 Å². The van der Waals surface area contributed by atoms with Gasteiger partial charge in [-0.05, 0) is 25.0 Å². The Morgan fingerprint density at radius 1 is 1.24 bits per heavy atom. The predicted octanol–water partition coefficient (Wildman–Crippen LogP) is 2.06. The maximum Gasteiger partial charge on any atom is 0.145 e. The first-order chi connectivity index (χ1) is 8.20. The minimum Gasteiger partial charge on any atom is -0.396 e. The lowest BCUT2D eigenvalue weighted by atomic mass is 10.1. The van der Waals surface area contributed by atoms with E-state index in [1.807, 2.05) is 38.1 Å². The fourth-order valence-electron chi connectivity index (χ4n) is 1.56. The molecule has 2 aromatic rings. The van der Waals surface area contributed by atoms with Crippen LogP contribution >= 0.6 is 0 Å². The van der Waals surface area contributed by atoms with Gasteiger partial charge in [-0.15, -0.1) is 0 Å². The van der Waals surface area contributed by atoms with Gasteiger partial charge < -0.3 is 10.4 Å². The highest BCUT2D eigenvalue weighted by Gasteiger charge is 2.11. The van der Waals surface area contributed by atoms with Crippen LogP contribution in [0.1, 0.15) is 13.8 Å². The summed E-state index contributed by atoms with van der Waals surface area (Å²) in [7, 11) is 0. The van der Waals surface area contributed by atoms with Crippen LogP contribution in [0.25, 0.3) is 11.0 Å². The van der Waals surface area contributed by atoms with Crippen LogP contribution in [0, 0.1) is 5.92 Å². The first kappa shape index (κ1) is 11.8. The maximum atomic E-state index is 9.08. The lowest BCUT2D eigenvalue weighted by molar-refractivity contribution is 0.226. The van der Waals surface area contributed by atoms with Crippen molar-refractivity contribution in [1.29, 1.82) is 0 Å². The molecule has 0 radical (unpaired) electrons. The van der Waals surface area contributed by atoms with Gasteiger partial charge in [-0.1, -0.05) is 19.1 Å². The van der Waals surface area contributed by atoms with E-state index in [-0.39, 0.29) is 18.6 Å². The minimum absolute atomic E-state index is 0.162. The normalized spacial score (nSPS) is 14.5. The van der Waals surface area contributed by atoms with Crippen molar-refractivity contribution >= 4 is 16.9 Å². The number of rotatable bonds is 4. The predicted molar refractivity (Wildman–Crippen MR) is 68.9 cm³/mol. The van der Waals surface area contributed by atoms with E-state index in [0.29, 0.717) is 0 Å². The molecule has 17 heavy (non-hydrogen) atoms. The average Bonchev–Trinajstić information content (AvgIpc) is 2.37. The number of aliphatic hydroxyl groups is 1. The fourth-order valence-corrected chi connectivity index (χ4v) is 1.56.